The number of amides is 1. The average molecular weight is 257 g/mol. The molecule has 1 amide bonds. The smallest absolute Gasteiger partial charge is 0.226 e. The molecule has 1 aliphatic carbocycles. The first-order valence-corrected chi connectivity index (χ1v) is 7.49. The predicted octanol–water partition coefficient (Wildman–Crippen LogP) is 3.29. The third kappa shape index (κ3) is 2.68. The molecule has 1 saturated carbocycles. The minimum Gasteiger partial charge on any atom is -0.342 e. The summed E-state index contributed by atoms with van der Waals surface area (Å²) in [6, 6.07) is 10.5. The molecule has 2 fully saturated rings. The summed E-state index contributed by atoms with van der Waals surface area (Å²) in [5, 5.41) is 0. The Kier molecular flexibility index (Phi) is 3.34. The van der Waals surface area contributed by atoms with Gasteiger partial charge in [-0.05, 0) is 36.2 Å². The molecule has 3 unspecified atom stereocenters. The van der Waals surface area contributed by atoms with Crippen LogP contribution in [0.15, 0.2) is 30.3 Å². The van der Waals surface area contributed by atoms with E-state index in [1.165, 1.54) is 12.0 Å². The van der Waals surface area contributed by atoms with E-state index in [0.29, 0.717) is 23.7 Å². The molecule has 0 spiro atoms. The van der Waals surface area contributed by atoms with Crippen molar-refractivity contribution in [3.63, 3.8) is 0 Å². The first-order valence-electron chi connectivity index (χ1n) is 7.49. The first kappa shape index (κ1) is 12.7. The van der Waals surface area contributed by atoms with Crippen molar-refractivity contribution in [2.24, 2.45) is 17.8 Å². The second-order valence-electron chi connectivity index (χ2n) is 6.55. The Balaban J connectivity index is 1.63. The van der Waals surface area contributed by atoms with E-state index >= 15 is 0 Å². The van der Waals surface area contributed by atoms with Gasteiger partial charge in [0, 0.05) is 19.0 Å². The molecule has 0 N–H and O–H groups in total. The Hall–Kier alpha value is -1.31. The minimum absolute atomic E-state index is 0.250. The van der Waals surface area contributed by atoms with Gasteiger partial charge in [0.1, 0.15) is 0 Å². The molecule has 1 aromatic rings. The molecule has 19 heavy (non-hydrogen) atoms. The van der Waals surface area contributed by atoms with Crippen molar-refractivity contribution in [3.05, 3.63) is 35.9 Å². The molecule has 1 aliphatic heterocycles. The summed E-state index contributed by atoms with van der Waals surface area (Å²) >= 11 is 0. The maximum absolute atomic E-state index is 12.6. The molecule has 3 rings (SSSR count). The van der Waals surface area contributed by atoms with Crippen LogP contribution in [-0.4, -0.2) is 23.9 Å². The largest absolute Gasteiger partial charge is 0.342 e. The van der Waals surface area contributed by atoms with E-state index in [0.717, 1.165) is 19.5 Å². The van der Waals surface area contributed by atoms with Gasteiger partial charge in [-0.3, -0.25) is 4.79 Å². The Bertz CT molecular complexity index is 446. The molecular formula is C17H23NO. The van der Waals surface area contributed by atoms with Gasteiger partial charge < -0.3 is 4.90 Å². The van der Waals surface area contributed by atoms with Crippen molar-refractivity contribution in [2.75, 3.05) is 13.1 Å². The summed E-state index contributed by atoms with van der Waals surface area (Å²) < 4.78 is 0. The number of carbonyl (C=O) groups is 1. The van der Waals surface area contributed by atoms with Crippen LogP contribution >= 0.6 is 0 Å². The Morgan fingerprint density at radius 3 is 2.32 bits per heavy atom. The Morgan fingerprint density at radius 2 is 1.68 bits per heavy atom. The highest BCUT2D eigenvalue weighted by atomic mass is 16.2. The fraction of sp³-hybridized carbons (Fsp3) is 0.588. The SMILES string of the molecule is CC1CC(C)CN(C(=O)[C@@H]2CC2c2ccccc2)C1. The normalized spacial score (nSPS) is 34.1. The number of rotatable bonds is 2. The fourth-order valence-corrected chi connectivity index (χ4v) is 3.61. The number of likely N-dealkylation sites (tertiary alicyclic amines) is 1. The lowest BCUT2D eigenvalue weighted by molar-refractivity contribution is -0.135. The van der Waals surface area contributed by atoms with Gasteiger partial charge in [0.25, 0.3) is 0 Å². The summed E-state index contributed by atoms with van der Waals surface area (Å²) in [4.78, 5) is 14.7. The third-order valence-corrected chi connectivity index (χ3v) is 4.52. The van der Waals surface area contributed by atoms with Crippen LogP contribution in [0.1, 0.15) is 38.2 Å². The van der Waals surface area contributed by atoms with Crippen LogP contribution in [-0.2, 0) is 4.79 Å². The molecule has 102 valence electrons. The molecule has 2 heteroatoms. The number of hydrogen-bond acceptors (Lipinski definition) is 1. The summed E-state index contributed by atoms with van der Waals surface area (Å²) in [7, 11) is 0. The summed E-state index contributed by atoms with van der Waals surface area (Å²) in [6.45, 7) is 6.44. The molecular weight excluding hydrogens is 234 g/mol. The average Bonchev–Trinajstić information content (AvgIpc) is 3.18. The van der Waals surface area contributed by atoms with Crippen LogP contribution in [0.5, 0.6) is 0 Å². The number of carbonyl (C=O) groups excluding carboxylic acids is 1. The van der Waals surface area contributed by atoms with Gasteiger partial charge >= 0.3 is 0 Å². The van der Waals surface area contributed by atoms with E-state index in [1.807, 2.05) is 6.07 Å². The van der Waals surface area contributed by atoms with Crippen molar-refractivity contribution in [2.45, 2.75) is 32.6 Å². The zero-order valence-electron chi connectivity index (χ0n) is 11.9. The van der Waals surface area contributed by atoms with E-state index in [1.54, 1.807) is 0 Å². The van der Waals surface area contributed by atoms with Crippen LogP contribution in [0.3, 0.4) is 0 Å². The maximum Gasteiger partial charge on any atom is 0.226 e. The summed E-state index contributed by atoms with van der Waals surface area (Å²) in [5.74, 6) is 2.43. The van der Waals surface area contributed by atoms with Gasteiger partial charge in [-0.25, -0.2) is 0 Å². The lowest BCUT2D eigenvalue weighted by Gasteiger charge is -2.35. The number of benzene rings is 1. The van der Waals surface area contributed by atoms with E-state index in [9.17, 15) is 4.79 Å². The van der Waals surface area contributed by atoms with Gasteiger partial charge in [-0.2, -0.15) is 0 Å². The van der Waals surface area contributed by atoms with Crippen molar-refractivity contribution >= 4 is 5.91 Å². The van der Waals surface area contributed by atoms with E-state index in [4.69, 9.17) is 0 Å². The predicted molar refractivity (Wildman–Crippen MR) is 76.8 cm³/mol. The molecule has 0 aromatic heterocycles. The molecule has 0 bridgehead atoms. The highest BCUT2D eigenvalue weighted by molar-refractivity contribution is 5.83. The van der Waals surface area contributed by atoms with Crippen LogP contribution in [0, 0.1) is 17.8 Å². The van der Waals surface area contributed by atoms with E-state index < -0.39 is 0 Å². The molecule has 0 radical (unpaired) electrons. The van der Waals surface area contributed by atoms with Gasteiger partial charge in [-0.1, -0.05) is 44.2 Å². The van der Waals surface area contributed by atoms with Gasteiger partial charge in [0.15, 0.2) is 0 Å². The van der Waals surface area contributed by atoms with E-state index in [2.05, 4.69) is 43.0 Å². The van der Waals surface area contributed by atoms with Crippen molar-refractivity contribution in [3.8, 4) is 0 Å². The maximum atomic E-state index is 12.6. The first-order chi connectivity index (χ1) is 9.15. The number of nitrogens with zero attached hydrogens (tertiary/aromatic N) is 1. The minimum atomic E-state index is 0.250. The zero-order valence-corrected chi connectivity index (χ0v) is 11.9. The highest BCUT2D eigenvalue weighted by Crippen LogP contribution is 2.48. The van der Waals surface area contributed by atoms with Gasteiger partial charge in [0.05, 0.1) is 0 Å². The molecule has 2 aliphatic rings. The van der Waals surface area contributed by atoms with Gasteiger partial charge in [0.2, 0.25) is 5.91 Å². The van der Waals surface area contributed by atoms with Crippen molar-refractivity contribution in [1.29, 1.82) is 0 Å². The second-order valence-corrected chi connectivity index (χ2v) is 6.55. The van der Waals surface area contributed by atoms with Gasteiger partial charge in [-0.15, -0.1) is 0 Å². The summed E-state index contributed by atoms with van der Waals surface area (Å²) in [6.07, 6.45) is 2.30. The van der Waals surface area contributed by atoms with Crippen LogP contribution in [0.2, 0.25) is 0 Å². The highest BCUT2D eigenvalue weighted by Gasteiger charge is 2.46. The Morgan fingerprint density at radius 1 is 1.05 bits per heavy atom. The van der Waals surface area contributed by atoms with Crippen molar-refractivity contribution in [1.82, 2.24) is 4.90 Å². The van der Waals surface area contributed by atoms with E-state index in [-0.39, 0.29) is 5.92 Å². The number of hydrogen-bond donors (Lipinski definition) is 0. The quantitative estimate of drug-likeness (QED) is 0.796. The lowest BCUT2D eigenvalue weighted by atomic mass is 9.91. The second kappa shape index (κ2) is 4.99. The van der Waals surface area contributed by atoms with Crippen molar-refractivity contribution < 1.29 is 4.79 Å². The number of piperidine rings is 1. The third-order valence-electron chi connectivity index (χ3n) is 4.52. The lowest BCUT2D eigenvalue weighted by Crippen LogP contribution is -2.43. The topological polar surface area (TPSA) is 20.3 Å². The fourth-order valence-electron chi connectivity index (χ4n) is 3.61. The molecule has 1 aromatic carbocycles. The van der Waals surface area contributed by atoms with Crippen LogP contribution in [0.4, 0.5) is 0 Å². The monoisotopic (exact) mass is 257 g/mol. The summed E-state index contributed by atoms with van der Waals surface area (Å²) in [5.41, 5.74) is 1.33. The standard InChI is InChI=1S/C17H23NO/c1-12-8-13(2)11-18(10-12)17(19)16-9-15(16)14-6-4-3-5-7-14/h3-7,12-13,15-16H,8-11H2,1-2H3/t12?,13?,15?,16-/m1/s1. The Labute approximate surface area is 115 Å². The molecule has 1 heterocycles. The zero-order chi connectivity index (χ0) is 13.4. The van der Waals surface area contributed by atoms with Crippen LogP contribution in [0.25, 0.3) is 0 Å². The molecule has 4 atom stereocenters. The molecule has 1 saturated heterocycles. The molecule has 2 nitrogen and oxygen atoms in total. The van der Waals surface area contributed by atoms with Crippen LogP contribution < -0.4 is 0 Å².